The molecule has 0 aromatic carbocycles. The van der Waals surface area contributed by atoms with E-state index < -0.39 is 17.9 Å². The molecule has 18 heavy (non-hydrogen) atoms. The van der Waals surface area contributed by atoms with Gasteiger partial charge in [-0.15, -0.1) is 0 Å². The van der Waals surface area contributed by atoms with Gasteiger partial charge in [0, 0.05) is 41.0 Å². The predicted octanol–water partition coefficient (Wildman–Crippen LogP) is 0.417. The third-order valence-electron chi connectivity index (χ3n) is 0.907. The molecule has 0 unspecified atom stereocenters. The van der Waals surface area contributed by atoms with Crippen LogP contribution in [0.2, 0.25) is 0 Å². The number of carboxylic acids is 3. The van der Waals surface area contributed by atoms with Crippen LogP contribution in [0, 0.1) is 0 Å². The zero-order valence-corrected chi connectivity index (χ0v) is 12.7. The maximum Gasteiger partial charge on any atom is 0.303 e. The molecule has 7 nitrogen and oxygen atoms in total. The van der Waals surface area contributed by atoms with Crippen molar-refractivity contribution in [1.29, 1.82) is 0 Å². The van der Waals surface area contributed by atoms with E-state index in [1.165, 1.54) is 0 Å². The van der Waals surface area contributed by atoms with E-state index >= 15 is 0 Å². The molecule has 3 N–H and O–H groups in total. The van der Waals surface area contributed by atoms with E-state index in [9.17, 15) is 14.4 Å². The smallest absolute Gasteiger partial charge is 0.303 e. The molecule has 0 aliphatic rings. The summed E-state index contributed by atoms with van der Waals surface area (Å²) in [6.07, 6.45) is 0.667. The number of carboxylic acid groups (broad SMARTS) is 3. The molecular formula is C10H21O7Ti-. The Morgan fingerprint density at radius 3 is 0.778 bits per heavy atom. The second-order valence-electron chi connectivity index (χ2n) is 2.24. The number of aliphatic carboxylic acids is 3. The van der Waals surface area contributed by atoms with Crippen molar-refractivity contribution >= 4 is 17.9 Å². The number of hydrogen-bond acceptors (Lipinski definition) is 4. The maximum absolute atomic E-state index is 9.37. The summed E-state index contributed by atoms with van der Waals surface area (Å²) in [7, 11) is 0.750. The van der Waals surface area contributed by atoms with Crippen LogP contribution < -0.4 is 5.11 Å². The SMILES string of the molecule is CCC(=O)O.CCC(=O)O.CCC(=O)O.C[O-].[Ti]. The quantitative estimate of drug-likeness (QED) is 0.643. The van der Waals surface area contributed by atoms with Crippen LogP contribution in [0.4, 0.5) is 0 Å². The van der Waals surface area contributed by atoms with E-state index in [0.29, 0.717) is 0 Å². The van der Waals surface area contributed by atoms with E-state index in [-0.39, 0.29) is 41.0 Å². The van der Waals surface area contributed by atoms with Crippen molar-refractivity contribution in [2.24, 2.45) is 0 Å². The Bertz CT molecular complexity index is 161. The van der Waals surface area contributed by atoms with Gasteiger partial charge in [-0.1, -0.05) is 20.8 Å². The Morgan fingerprint density at radius 2 is 0.778 bits per heavy atom. The van der Waals surface area contributed by atoms with Gasteiger partial charge in [-0.2, -0.15) is 7.11 Å². The van der Waals surface area contributed by atoms with Crippen molar-refractivity contribution in [2.45, 2.75) is 40.0 Å². The second kappa shape index (κ2) is 29.8. The third-order valence-corrected chi connectivity index (χ3v) is 0.907. The van der Waals surface area contributed by atoms with Gasteiger partial charge in [0.2, 0.25) is 0 Å². The minimum absolute atomic E-state index is 0. The molecule has 0 atom stereocenters. The standard InChI is InChI=1S/3C3H6O2.CH3O.Ti/c3*1-2-3(4)5;1-2;/h3*2H2,1H3,(H,4,5);1H3;/q;;;-1;. The fourth-order valence-electron chi connectivity index (χ4n) is 0. The summed E-state index contributed by atoms with van der Waals surface area (Å²) < 4.78 is 0. The molecule has 108 valence electrons. The first kappa shape index (κ1) is 30.3. The van der Waals surface area contributed by atoms with Gasteiger partial charge in [0.1, 0.15) is 0 Å². The van der Waals surface area contributed by atoms with Gasteiger partial charge in [-0.25, -0.2) is 0 Å². The Labute approximate surface area is 122 Å². The molecule has 0 bridgehead atoms. The normalized spacial score (nSPS) is 6.50. The molecule has 0 fully saturated rings. The number of carbonyl (C=O) groups is 3. The number of rotatable bonds is 3. The molecule has 0 aromatic heterocycles. The summed E-state index contributed by atoms with van der Waals surface area (Å²) in [5, 5.41) is 31.4. The summed E-state index contributed by atoms with van der Waals surface area (Å²) in [5.41, 5.74) is 0. The molecule has 0 aliphatic heterocycles. The molecular weight excluding hydrogens is 280 g/mol. The molecule has 0 saturated carbocycles. The zero-order valence-electron chi connectivity index (χ0n) is 11.1. The summed E-state index contributed by atoms with van der Waals surface area (Å²) >= 11 is 0. The van der Waals surface area contributed by atoms with Gasteiger partial charge >= 0.3 is 17.9 Å². The molecule has 0 rings (SSSR count). The van der Waals surface area contributed by atoms with Crippen molar-refractivity contribution in [2.75, 3.05) is 7.11 Å². The van der Waals surface area contributed by atoms with E-state index in [4.69, 9.17) is 20.4 Å². The molecule has 0 spiro atoms. The second-order valence-corrected chi connectivity index (χ2v) is 2.24. The molecule has 8 heteroatoms. The van der Waals surface area contributed by atoms with Crippen molar-refractivity contribution in [3.63, 3.8) is 0 Å². The molecule has 0 amide bonds. The van der Waals surface area contributed by atoms with Gasteiger partial charge in [0.05, 0.1) is 0 Å². The Morgan fingerprint density at radius 1 is 0.722 bits per heavy atom. The minimum atomic E-state index is -0.745. The largest absolute Gasteiger partial charge is 0.857 e. The first-order valence-corrected chi connectivity index (χ1v) is 4.87. The van der Waals surface area contributed by atoms with Gasteiger partial charge in [0.15, 0.2) is 0 Å². The topological polar surface area (TPSA) is 135 Å². The van der Waals surface area contributed by atoms with Crippen LogP contribution in [-0.4, -0.2) is 40.3 Å². The summed E-state index contributed by atoms with van der Waals surface area (Å²) in [6.45, 7) is 4.80. The molecule has 0 heterocycles. The first-order valence-electron chi connectivity index (χ1n) is 4.87. The monoisotopic (exact) mass is 301 g/mol. The van der Waals surface area contributed by atoms with Crippen LogP contribution in [0.5, 0.6) is 0 Å². The third kappa shape index (κ3) is 116. The predicted molar refractivity (Wildman–Crippen MR) is 59.7 cm³/mol. The van der Waals surface area contributed by atoms with E-state index in [0.717, 1.165) is 7.11 Å². The summed E-state index contributed by atoms with van der Waals surface area (Å²) in [5.74, 6) is -2.24. The molecule has 0 aromatic rings. The summed E-state index contributed by atoms with van der Waals surface area (Å²) in [4.78, 5) is 28.1. The maximum atomic E-state index is 9.37. The van der Waals surface area contributed by atoms with Gasteiger partial charge < -0.3 is 20.4 Å². The van der Waals surface area contributed by atoms with Crippen molar-refractivity contribution in [3.05, 3.63) is 0 Å². The van der Waals surface area contributed by atoms with E-state index in [2.05, 4.69) is 0 Å². The van der Waals surface area contributed by atoms with Crippen LogP contribution in [-0.2, 0) is 36.1 Å². The van der Waals surface area contributed by atoms with Gasteiger partial charge in [-0.3, -0.25) is 14.4 Å². The minimum Gasteiger partial charge on any atom is -0.857 e. The zero-order chi connectivity index (χ0) is 14.9. The van der Waals surface area contributed by atoms with Crippen molar-refractivity contribution in [3.8, 4) is 0 Å². The first-order chi connectivity index (χ1) is 7.81. The van der Waals surface area contributed by atoms with Crippen molar-refractivity contribution in [1.82, 2.24) is 0 Å². The average Bonchev–Trinajstić information content (AvgIpc) is 2.32. The van der Waals surface area contributed by atoms with Crippen LogP contribution in [0.3, 0.4) is 0 Å². The number of hydrogen-bond donors (Lipinski definition) is 3. The van der Waals surface area contributed by atoms with Crippen LogP contribution in [0.25, 0.3) is 0 Å². The van der Waals surface area contributed by atoms with E-state index in [1.807, 2.05) is 0 Å². The van der Waals surface area contributed by atoms with Crippen LogP contribution in [0.1, 0.15) is 40.0 Å². The average molecular weight is 301 g/mol. The summed E-state index contributed by atoms with van der Waals surface area (Å²) in [6, 6.07) is 0. The molecule has 0 aliphatic carbocycles. The van der Waals surface area contributed by atoms with Crippen molar-refractivity contribution < 1.29 is 56.5 Å². The fourth-order valence-corrected chi connectivity index (χ4v) is 0. The van der Waals surface area contributed by atoms with Crippen LogP contribution in [0.15, 0.2) is 0 Å². The molecule has 0 radical (unpaired) electrons. The molecule has 0 saturated heterocycles. The Balaban J connectivity index is -0.0000000427. The fraction of sp³-hybridized carbons (Fsp3) is 0.700. The van der Waals surface area contributed by atoms with Gasteiger partial charge in [0.25, 0.3) is 0 Å². The Hall–Kier alpha value is -0.916. The van der Waals surface area contributed by atoms with Gasteiger partial charge in [-0.05, 0) is 0 Å². The van der Waals surface area contributed by atoms with E-state index in [1.54, 1.807) is 20.8 Å². The Kier molecular flexibility index (Phi) is 50.1. The van der Waals surface area contributed by atoms with Crippen LogP contribution >= 0.6 is 0 Å².